The highest BCUT2D eigenvalue weighted by molar-refractivity contribution is 5.74. The largest absolute Gasteiger partial charge is 0.376 e. The Kier molecular flexibility index (Phi) is 5.21. The van der Waals surface area contributed by atoms with Crippen LogP contribution in [0.25, 0.3) is 0 Å². The van der Waals surface area contributed by atoms with Crippen molar-refractivity contribution >= 4 is 6.03 Å². The van der Waals surface area contributed by atoms with Crippen LogP contribution in [0.2, 0.25) is 0 Å². The van der Waals surface area contributed by atoms with Crippen LogP contribution in [0, 0.1) is 0 Å². The number of benzene rings is 1. The fraction of sp³-hybridized carbons (Fsp3) is 0.333. The van der Waals surface area contributed by atoms with Crippen molar-refractivity contribution in [3.8, 4) is 0 Å². The van der Waals surface area contributed by atoms with Gasteiger partial charge in [-0.1, -0.05) is 36.4 Å². The zero-order valence-corrected chi connectivity index (χ0v) is 12.9. The Morgan fingerprint density at radius 3 is 2.83 bits per heavy atom. The normalized spacial score (nSPS) is 18.3. The second-order valence-electron chi connectivity index (χ2n) is 5.63. The lowest BCUT2D eigenvalue weighted by atomic mass is 9.99. The zero-order chi connectivity index (χ0) is 15.9. The Morgan fingerprint density at radius 2 is 2.13 bits per heavy atom. The molecule has 2 atom stereocenters. The predicted octanol–water partition coefficient (Wildman–Crippen LogP) is 2.80. The van der Waals surface area contributed by atoms with E-state index in [1.165, 1.54) is 0 Å². The molecular formula is C18H21N3O2. The monoisotopic (exact) mass is 311 g/mol. The lowest BCUT2D eigenvalue weighted by Gasteiger charge is -2.25. The van der Waals surface area contributed by atoms with Gasteiger partial charge in [-0.3, -0.25) is 4.98 Å². The molecule has 1 aromatic carbocycles. The van der Waals surface area contributed by atoms with Crippen molar-refractivity contribution in [2.24, 2.45) is 0 Å². The molecular weight excluding hydrogens is 290 g/mol. The molecule has 0 saturated carbocycles. The smallest absolute Gasteiger partial charge is 0.315 e. The molecule has 1 aliphatic rings. The number of aromatic nitrogens is 1. The maximum absolute atomic E-state index is 12.3. The topological polar surface area (TPSA) is 63.2 Å². The number of hydrogen-bond acceptors (Lipinski definition) is 3. The third-order valence-electron chi connectivity index (χ3n) is 3.96. The Labute approximate surface area is 136 Å². The molecule has 1 aliphatic heterocycles. The van der Waals surface area contributed by atoms with Crippen LogP contribution >= 0.6 is 0 Å². The fourth-order valence-electron chi connectivity index (χ4n) is 2.79. The van der Waals surface area contributed by atoms with E-state index in [1.807, 2.05) is 42.5 Å². The van der Waals surface area contributed by atoms with Gasteiger partial charge in [0.05, 0.1) is 12.1 Å². The Bertz CT molecular complexity index is 613. The Hall–Kier alpha value is -2.40. The number of pyridine rings is 1. The summed E-state index contributed by atoms with van der Waals surface area (Å²) >= 11 is 0. The molecule has 0 bridgehead atoms. The van der Waals surface area contributed by atoms with E-state index >= 15 is 0 Å². The third-order valence-corrected chi connectivity index (χ3v) is 3.96. The summed E-state index contributed by atoms with van der Waals surface area (Å²) in [5, 5.41) is 5.93. The van der Waals surface area contributed by atoms with Gasteiger partial charge in [0.1, 0.15) is 0 Å². The Balaban J connectivity index is 1.62. The molecule has 1 saturated heterocycles. The first kappa shape index (κ1) is 15.5. The first-order valence-corrected chi connectivity index (χ1v) is 7.93. The van der Waals surface area contributed by atoms with Crippen LogP contribution < -0.4 is 10.6 Å². The van der Waals surface area contributed by atoms with Gasteiger partial charge in [-0.25, -0.2) is 4.79 Å². The SMILES string of the molecule is O=C(NCc1cccnc1)N[C@H](c1ccccc1)[C@@H]1CCCO1. The second-order valence-corrected chi connectivity index (χ2v) is 5.63. The molecule has 3 rings (SSSR count). The van der Waals surface area contributed by atoms with Crippen molar-refractivity contribution in [3.63, 3.8) is 0 Å². The molecule has 2 N–H and O–H groups in total. The maximum atomic E-state index is 12.3. The molecule has 1 aromatic heterocycles. The average molecular weight is 311 g/mol. The second kappa shape index (κ2) is 7.74. The van der Waals surface area contributed by atoms with Gasteiger partial charge in [0.25, 0.3) is 0 Å². The van der Waals surface area contributed by atoms with Crippen LogP contribution in [0.15, 0.2) is 54.9 Å². The highest BCUT2D eigenvalue weighted by atomic mass is 16.5. The summed E-state index contributed by atoms with van der Waals surface area (Å²) in [6.07, 6.45) is 5.48. The van der Waals surface area contributed by atoms with Gasteiger partial charge >= 0.3 is 6.03 Å². The summed E-state index contributed by atoms with van der Waals surface area (Å²) in [6.45, 7) is 1.21. The van der Waals surface area contributed by atoms with Crippen molar-refractivity contribution in [2.75, 3.05) is 6.61 Å². The van der Waals surface area contributed by atoms with E-state index in [0.29, 0.717) is 6.54 Å². The summed E-state index contributed by atoms with van der Waals surface area (Å²) in [6, 6.07) is 13.4. The third kappa shape index (κ3) is 4.29. The number of amides is 2. The molecule has 0 unspecified atom stereocenters. The number of carbonyl (C=O) groups excluding carboxylic acids is 1. The first-order valence-electron chi connectivity index (χ1n) is 7.93. The molecule has 120 valence electrons. The Morgan fingerprint density at radius 1 is 1.26 bits per heavy atom. The fourth-order valence-corrected chi connectivity index (χ4v) is 2.79. The van der Waals surface area contributed by atoms with Gasteiger partial charge in [-0.15, -0.1) is 0 Å². The van der Waals surface area contributed by atoms with Gasteiger partial charge in [0.2, 0.25) is 0 Å². The molecule has 0 spiro atoms. The minimum Gasteiger partial charge on any atom is -0.376 e. The standard InChI is InChI=1S/C18H21N3O2/c22-18(20-13-14-6-4-10-19-12-14)21-17(16-9-5-11-23-16)15-7-2-1-3-8-15/h1-4,6-8,10,12,16-17H,5,9,11,13H2,(H2,20,21,22)/t16-,17+/m0/s1. The summed E-state index contributed by atoms with van der Waals surface area (Å²) < 4.78 is 5.78. The van der Waals surface area contributed by atoms with Crippen LogP contribution in [0.5, 0.6) is 0 Å². The summed E-state index contributed by atoms with van der Waals surface area (Å²) in [7, 11) is 0. The van der Waals surface area contributed by atoms with Crippen LogP contribution in [-0.4, -0.2) is 23.7 Å². The van der Waals surface area contributed by atoms with E-state index in [1.54, 1.807) is 12.4 Å². The molecule has 23 heavy (non-hydrogen) atoms. The summed E-state index contributed by atoms with van der Waals surface area (Å²) in [4.78, 5) is 16.3. The van der Waals surface area contributed by atoms with Crippen molar-refractivity contribution in [2.45, 2.75) is 31.5 Å². The average Bonchev–Trinajstić information content (AvgIpc) is 3.14. The summed E-state index contributed by atoms with van der Waals surface area (Å²) in [5.41, 5.74) is 2.03. The predicted molar refractivity (Wildman–Crippen MR) is 87.8 cm³/mol. The lowest BCUT2D eigenvalue weighted by molar-refractivity contribution is 0.0807. The van der Waals surface area contributed by atoms with Gasteiger partial charge in [0.15, 0.2) is 0 Å². The number of hydrogen-bond donors (Lipinski definition) is 2. The highest BCUT2D eigenvalue weighted by Crippen LogP contribution is 2.26. The van der Waals surface area contributed by atoms with Gasteiger partial charge in [-0.05, 0) is 30.0 Å². The quantitative estimate of drug-likeness (QED) is 0.892. The number of nitrogens with zero attached hydrogens (tertiary/aromatic N) is 1. The minimum absolute atomic E-state index is 0.0292. The number of carbonyl (C=O) groups is 1. The molecule has 5 heteroatoms. The molecule has 5 nitrogen and oxygen atoms in total. The molecule has 2 aromatic rings. The van der Waals surface area contributed by atoms with E-state index in [2.05, 4.69) is 15.6 Å². The minimum atomic E-state index is -0.196. The number of urea groups is 1. The van der Waals surface area contributed by atoms with Crippen LogP contribution in [0.1, 0.15) is 30.0 Å². The summed E-state index contributed by atoms with van der Waals surface area (Å²) in [5.74, 6) is 0. The molecule has 2 amide bonds. The van der Waals surface area contributed by atoms with Crippen molar-refractivity contribution in [1.29, 1.82) is 0 Å². The van der Waals surface area contributed by atoms with Crippen LogP contribution in [-0.2, 0) is 11.3 Å². The van der Waals surface area contributed by atoms with E-state index in [4.69, 9.17) is 4.74 Å². The number of nitrogens with one attached hydrogen (secondary N) is 2. The van der Waals surface area contributed by atoms with Crippen molar-refractivity contribution in [1.82, 2.24) is 15.6 Å². The van der Waals surface area contributed by atoms with E-state index in [9.17, 15) is 4.79 Å². The van der Waals surface area contributed by atoms with Gasteiger partial charge in [0, 0.05) is 25.5 Å². The highest BCUT2D eigenvalue weighted by Gasteiger charge is 2.28. The van der Waals surface area contributed by atoms with Crippen LogP contribution in [0.4, 0.5) is 4.79 Å². The number of rotatable bonds is 5. The molecule has 0 radical (unpaired) electrons. The van der Waals surface area contributed by atoms with Crippen molar-refractivity contribution < 1.29 is 9.53 Å². The van der Waals surface area contributed by atoms with Gasteiger partial charge in [-0.2, -0.15) is 0 Å². The molecule has 2 heterocycles. The maximum Gasteiger partial charge on any atom is 0.315 e. The molecule has 1 fully saturated rings. The molecule has 0 aliphatic carbocycles. The van der Waals surface area contributed by atoms with E-state index in [-0.39, 0.29) is 18.2 Å². The van der Waals surface area contributed by atoms with Crippen LogP contribution in [0.3, 0.4) is 0 Å². The van der Waals surface area contributed by atoms with E-state index in [0.717, 1.165) is 30.6 Å². The zero-order valence-electron chi connectivity index (χ0n) is 12.9. The number of ether oxygens (including phenoxy) is 1. The lowest BCUT2D eigenvalue weighted by Crippen LogP contribution is -2.42. The van der Waals surface area contributed by atoms with Gasteiger partial charge < -0.3 is 15.4 Å². The van der Waals surface area contributed by atoms with E-state index < -0.39 is 0 Å². The first-order chi connectivity index (χ1) is 11.3. The van der Waals surface area contributed by atoms with Crippen molar-refractivity contribution in [3.05, 3.63) is 66.0 Å².